The fraction of sp³-hybridized carbons (Fsp3) is 0.800. The number of hydrogen-bond donors (Lipinski definition) is 0. The Morgan fingerprint density at radius 3 is 1.70 bits per heavy atom. The van der Waals surface area contributed by atoms with Crippen molar-refractivity contribution in [2.24, 2.45) is 16.7 Å². The fourth-order valence-corrected chi connectivity index (χ4v) is 1.96. The molecule has 0 heteroatoms. The van der Waals surface area contributed by atoms with Crippen molar-refractivity contribution in [1.82, 2.24) is 0 Å². The third-order valence-electron chi connectivity index (χ3n) is 3.64. The molecule has 0 amide bonds. The zero-order chi connectivity index (χ0) is 7.99. The monoisotopic (exact) mass is 136 g/mol. The molecule has 0 saturated heterocycles. The summed E-state index contributed by atoms with van der Waals surface area (Å²) in [6.07, 6.45) is 6.21. The third kappa shape index (κ3) is 0.700. The molecule has 0 aliphatic heterocycles. The summed E-state index contributed by atoms with van der Waals surface area (Å²) < 4.78 is 0. The van der Waals surface area contributed by atoms with Crippen LogP contribution in [-0.2, 0) is 0 Å². The van der Waals surface area contributed by atoms with Crippen molar-refractivity contribution < 1.29 is 0 Å². The van der Waals surface area contributed by atoms with Crippen molar-refractivity contribution in [1.29, 1.82) is 0 Å². The molecule has 1 aliphatic carbocycles. The van der Waals surface area contributed by atoms with Crippen LogP contribution in [0.15, 0.2) is 0 Å². The molecule has 1 aliphatic rings. The molecule has 10 heavy (non-hydrogen) atoms. The van der Waals surface area contributed by atoms with E-state index in [0.717, 1.165) is 12.3 Å². The molecular weight excluding hydrogens is 120 g/mol. The molecule has 56 valence electrons. The van der Waals surface area contributed by atoms with Crippen LogP contribution in [0.5, 0.6) is 0 Å². The third-order valence-corrected chi connectivity index (χ3v) is 3.64. The topological polar surface area (TPSA) is 0 Å². The molecule has 0 radical (unpaired) electrons. The summed E-state index contributed by atoms with van der Waals surface area (Å²) in [6, 6.07) is 0. The van der Waals surface area contributed by atoms with Gasteiger partial charge >= 0.3 is 0 Å². The smallest absolute Gasteiger partial charge is 0.0125 e. The van der Waals surface area contributed by atoms with Gasteiger partial charge in [-0.15, -0.1) is 12.3 Å². The van der Waals surface area contributed by atoms with Crippen molar-refractivity contribution in [3.05, 3.63) is 0 Å². The average Bonchev–Trinajstić information content (AvgIpc) is 2.13. The van der Waals surface area contributed by atoms with Crippen LogP contribution in [0.25, 0.3) is 0 Å². The van der Waals surface area contributed by atoms with Crippen LogP contribution in [0, 0.1) is 29.1 Å². The van der Waals surface area contributed by atoms with Gasteiger partial charge in [0.2, 0.25) is 0 Å². The minimum atomic E-state index is 0.472. The van der Waals surface area contributed by atoms with Crippen molar-refractivity contribution >= 4 is 0 Å². The van der Waals surface area contributed by atoms with E-state index >= 15 is 0 Å². The van der Waals surface area contributed by atoms with E-state index in [4.69, 9.17) is 6.42 Å². The van der Waals surface area contributed by atoms with E-state index in [2.05, 4.69) is 33.6 Å². The Morgan fingerprint density at radius 2 is 1.60 bits per heavy atom. The first-order valence-corrected chi connectivity index (χ1v) is 3.88. The average molecular weight is 136 g/mol. The molecule has 0 spiro atoms. The molecule has 0 aromatic heterocycles. The lowest BCUT2D eigenvalue weighted by Crippen LogP contribution is -1.95. The predicted molar refractivity (Wildman–Crippen MR) is 44.5 cm³/mol. The molecule has 0 N–H and O–H groups in total. The molecule has 0 aromatic carbocycles. The molecule has 0 bridgehead atoms. The summed E-state index contributed by atoms with van der Waals surface area (Å²) in [5, 5.41) is 0. The minimum Gasteiger partial charge on any atom is -0.120 e. The van der Waals surface area contributed by atoms with E-state index in [1.54, 1.807) is 0 Å². The Morgan fingerprint density at radius 1 is 1.20 bits per heavy atom. The number of hydrogen-bond acceptors (Lipinski definition) is 0. The maximum atomic E-state index is 5.26. The van der Waals surface area contributed by atoms with Crippen molar-refractivity contribution in [3.8, 4) is 12.3 Å². The first kappa shape index (κ1) is 7.66. The fourth-order valence-electron chi connectivity index (χ4n) is 1.96. The predicted octanol–water partition coefficient (Wildman–Crippen LogP) is 2.69. The second-order valence-corrected chi connectivity index (χ2v) is 4.40. The lowest BCUT2D eigenvalue weighted by atomic mass is 10.0. The first-order valence-electron chi connectivity index (χ1n) is 3.88. The van der Waals surface area contributed by atoms with Gasteiger partial charge in [0, 0.05) is 6.42 Å². The molecular formula is C10H16. The van der Waals surface area contributed by atoms with Gasteiger partial charge in [-0.3, -0.25) is 0 Å². The highest BCUT2D eigenvalue weighted by Crippen LogP contribution is 2.69. The molecule has 0 nitrogen and oxygen atoms in total. The van der Waals surface area contributed by atoms with Crippen LogP contribution in [0.3, 0.4) is 0 Å². The van der Waals surface area contributed by atoms with E-state index in [1.807, 2.05) is 0 Å². The van der Waals surface area contributed by atoms with E-state index in [9.17, 15) is 0 Å². The van der Waals surface area contributed by atoms with Crippen LogP contribution in [-0.4, -0.2) is 0 Å². The standard InChI is InChI=1S/C10H16/c1-6-7-8-9(2,3)10(8,4)5/h1,8H,7H2,2-5H3. The van der Waals surface area contributed by atoms with E-state index in [-0.39, 0.29) is 0 Å². The summed E-state index contributed by atoms with van der Waals surface area (Å²) in [7, 11) is 0. The second-order valence-electron chi connectivity index (χ2n) is 4.40. The van der Waals surface area contributed by atoms with Crippen LogP contribution in [0.4, 0.5) is 0 Å². The van der Waals surface area contributed by atoms with Gasteiger partial charge in [0.15, 0.2) is 0 Å². The Bertz CT molecular complexity index is 165. The molecule has 1 saturated carbocycles. The Labute approximate surface area is 64.0 Å². The quantitative estimate of drug-likeness (QED) is 0.486. The highest BCUT2D eigenvalue weighted by molar-refractivity contribution is 5.15. The van der Waals surface area contributed by atoms with Gasteiger partial charge in [0.05, 0.1) is 0 Å². The first-order chi connectivity index (χ1) is 4.44. The summed E-state index contributed by atoms with van der Waals surface area (Å²) in [5.41, 5.74) is 0.943. The summed E-state index contributed by atoms with van der Waals surface area (Å²) in [4.78, 5) is 0. The Kier molecular flexibility index (Phi) is 1.37. The van der Waals surface area contributed by atoms with Gasteiger partial charge < -0.3 is 0 Å². The van der Waals surface area contributed by atoms with Gasteiger partial charge in [-0.05, 0) is 16.7 Å². The maximum absolute atomic E-state index is 5.26. The zero-order valence-electron chi connectivity index (χ0n) is 7.36. The van der Waals surface area contributed by atoms with Crippen LogP contribution in [0.1, 0.15) is 34.1 Å². The largest absolute Gasteiger partial charge is 0.120 e. The summed E-state index contributed by atoms with van der Waals surface area (Å²) in [5.74, 6) is 3.48. The van der Waals surface area contributed by atoms with Crippen molar-refractivity contribution in [2.45, 2.75) is 34.1 Å². The molecule has 1 rings (SSSR count). The minimum absolute atomic E-state index is 0.472. The SMILES string of the molecule is C#CCC1C(C)(C)C1(C)C. The second kappa shape index (κ2) is 1.78. The molecule has 1 fully saturated rings. The molecule has 0 heterocycles. The van der Waals surface area contributed by atoms with Crippen LogP contribution < -0.4 is 0 Å². The lowest BCUT2D eigenvalue weighted by molar-refractivity contribution is 0.457. The molecule has 0 unspecified atom stereocenters. The van der Waals surface area contributed by atoms with Gasteiger partial charge in [-0.1, -0.05) is 27.7 Å². The van der Waals surface area contributed by atoms with Crippen molar-refractivity contribution in [2.75, 3.05) is 0 Å². The number of rotatable bonds is 1. The highest BCUT2D eigenvalue weighted by Gasteiger charge is 2.63. The van der Waals surface area contributed by atoms with Crippen molar-refractivity contribution in [3.63, 3.8) is 0 Å². The Hall–Kier alpha value is -0.440. The van der Waals surface area contributed by atoms with Gasteiger partial charge in [-0.25, -0.2) is 0 Å². The van der Waals surface area contributed by atoms with Gasteiger partial charge in [0.1, 0.15) is 0 Å². The molecule has 0 aromatic rings. The van der Waals surface area contributed by atoms with Crippen LogP contribution in [0.2, 0.25) is 0 Å². The van der Waals surface area contributed by atoms with Gasteiger partial charge in [0.25, 0.3) is 0 Å². The normalized spacial score (nSPS) is 27.5. The maximum Gasteiger partial charge on any atom is 0.0125 e. The van der Waals surface area contributed by atoms with Crippen LogP contribution >= 0.6 is 0 Å². The summed E-state index contributed by atoms with van der Waals surface area (Å²) >= 11 is 0. The lowest BCUT2D eigenvalue weighted by Gasteiger charge is -2.04. The highest BCUT2D eigenvalue weighted by atomic mass is 14.7. The van der Waals surface area contributed by atoms with E-state index in [0.29, 0.717) is 10.8 Å². The zero-order valence-corrected chi connectivity index (χ0v) is 7.36. The summed E-state index contributed by atoms with van der Waals surface area (Å²) in [6.45, 7) is 9.20. The van der Waals surface area contributed by atoms with E-state index in [1.165, 1.54) is 0 Å². The number of terminal acetylenes is 1. The molecule has 0 atom stereocenters. The van der Waals surface area contributed by atoms with E-state index < -0.39 is 0 Å². The Balaban J connectivity index is 2.65. The van der Waals surface area contributed by atoms with Gasteiger partial charge in [-0.2, -0.15) is 0 Å².